The van der Waals surface area contributed by atoms with Crippen LogP contribution >= 0.6 is 0 Å². The highest BCUT2D eigenvalue weighted by Crippen LogP contribution is 2.31. The highest BCUT2D eigenvalue weighted by Gasteiger charge is 2.38. The van der Waals surface area contributed by atoms with Gasteiger partial charge in [0.15, 0.2) is 0 Å². The van der Waals surface area contributed by atoms with Crippen LogP contribution in [0, 0.1) is 33.6 Å². The van der Waals surface area contributed by atoms with E-state index in [0.717, 1.165) is 65.6 Å². The first kappa shape index (κ1) is 34.8. The largest absolute Gasteiger partial charge is 0.444 e. The lowest BCUT2D eigenvalue weighted by atomic mass is 9.93. The number of hydrogen-bond acceptors (Lipinski definition) is 4. The van der Waals surface area contributed by atoms with E-state index in [0.29, 0.717) is 6.54 Å². The number of anilines is 1. The number of para-hydroxylation sites is 1. The molecule has 7 heteroatoms. The van der Waals surface area contributed by atoms with Crippen molar-refractivity contribution in [1.29, 1.82) is 0 Å². The number of carbonyl (C=O) groups is 3. The minimum absolute atomic E-state index is 0.228. The molecule has 7 nitrogen and oxygen atoms in total. The molecular formula is C35H53N3O4. The number of unbranched alkanes of at least 4 members (excludes halogenated alkanes) is 4. The second kappa shape index (κ2) is 15.8. The lowest BCUT2D eigenvalue weighted by Crippen LogP contribution is -2.54. The number of nitrogens with zero attached hydrogens (tertiary/aromatic N) is 1. The third-order valence-electron chi connectivity index (χ3n) is 7.62. The van der Waals surface area contributed by atoms with Crippen molar-refractivity contribution in [2.45, 2.75) is 119 Å². The Labute approximate surface area is 253 Å². The van der Waals surface area contributed by atoms with Gasteiger partial charge in [0.25, 0.3) is 5.91 Å². The van der Waals surface area contributed by atoms with E-state index in [1.807, 2.05) is 77.9 Å². The van der Waals surface area contributed by atoms with Gasteiger partial charge in [0.05, 0.1) is 0 Å². The Morgan fingerprint density at radius 3 is 2.00 bits per heavy atom. The molecule has 2 aromatic carbocycles. The van der Waals surface area contributed by atoms with Crippen molar-refractivity contribution in [3.8, 4) is 0 Å². The summed E-state index contributed by atoms with van der Waals surface area (Å²) in [6, 6.07) is 10.0. The topological polar surface area (TPSA) is 87.7 Å². The number of rotatable bonds is 13. The summed E-state index contributed by atoms with van der Waals surface area (Å²) in [6.45, 7) is 19.6. The van der Waals surface area contributed by atoms with Crippen LogP contribution in [0.1, 0.15) is 108 Å². The Bertz CT molecular complexity index is 1190. The molecular weight excluding hydrogens is 526 g/mol. The van der Waals surface area contributed by atoms with E-state index in [4.69, 9.17) is 4.74 Å². The van der Waals surface area contributed by atoms with E-state index in [1.54, 1.807) is 25.7 Å². The summed E-state index contributed by atoms with van der Waals surface area (Å²) in [7, 11) is 0. The maximum absolute atomic E-state index is 14.5. The average molecular weight is 580 g/mol. The predicted molar refractivity (Wildman–Crippen MR) is 172 cm³/mol. The molecule has 0 aliphatic carbocycles. The maximum atomic E-state index is 14.5. The van der Waals surface area contributed by atoms with Gasteiger partial charge < -0.3 is 20.3 Å². The molecule has 2 rings (SSSR count). The molecule has 0 heterocycles. The molecule has 0 aromatic heterocycles. The first-order valence-corrected chi connectivity index (χ1v) is 15.4. The minimum Gasteiger partial charge on any atom is -0.444 e. The Kier molecular flexibility index (Phi) is 13.1. The van der Waals surface area contributed by atoms with Crippen molar-refractivity contribution < 1.29 is 19.1 Å². The summed E-state index contributed by atoms with van der Waals surface area (Å²) >= 11 is 0. The Balaban J connectivity index is 2.62. The normalized spacial score (nSPS) is 12.9. The number of ether oxygens (including phenoxy) is 1. The zero-order valence-corrected chi connectivity index (χ0v) is 27.5. The molecule has 0 aliphatic heterocycles. The van der Waals surface area contributed by atoms with Gasteiger partial charge in [-0.15, -0.1) is 0 Å². The van der Waals surface area contributed by atoms with Crippen molar-refractivity contribution >= 4 is 23.6 Å². The van der Waals surface area contributed by atoms with Crippen molar-refractivity contribution in [3.05, 3.63) is 64.2 Å². The molecule has 0 aliphatic rings. The number of amides is 3. The molecule has 0 fully saturated rings. The van der Waals surface area contributed by atoms with Crippen molar-refractivity contribution in [3.63, 3.8) is 0 Å². The first-order chi connectivity index (χ1) is 19.7. The average Bonchev–Trinajstić information content (AvgIpc) is 2.89. The number of benzene rings is 2. The maximum Gasteiger partial charge on any atom is 0.408 e. The van der Waals surface area contributed by atoms with Crippen LogP contribution in [0.25, 0.3) is 0 Å². The number of alkyl carbamates (subject to hydrolysis) is 1. The molecule has 0 bridgehead atoms. The van der Waals surface area contributed by atoms with Crippen LogP contribution in [0.5, 0.6) is 0 Å². The zero-order chi connectivity index (χ0) is 31.6. The van der Waals surface area contributed by atoms with E-state index in [9.17, 15) is 14.4 Å². The second-order valence-electron chi connectivity index (χ2n) is 12.8. The van der Waals surface area contributed by atoms with Gasteiger partial charge in [-0.1, -0.05) is 82.9 Å². The van der Waals surface area contributed by atoms with E-state index >= 15 is 0 Å². The van der Waals surface area contributed by atoms with Crippen molar-refractivity contribution in [2.24, 2.45) is 5.92 Å². The molecule has 2 aromatic rings. The van der Waals surface area contributed by atoms with Gasteiger partial charge in [-0.25, -0.2) is 4.79 Å². The van der Waals surface area contributed by atoms with E-state index in [1.165, 1.54) is 0 Å². The van der Waals surface area contributed by atoms with Gasteiger partial charge >= 0.3 is 6.09 Å². The fourth-order valence-corrected chi connectivity index (χ4v) is 5.10. The summed E-state index contributed by atoms with van der Waals surface area (Å²) in [6.07, 6.45) is 4.34. The smallest absolute Gasteiger partial charge is 0.408 e. The Morgan fingerprint density at radius 1 is 0.857 bits per heavy atom. The lowest BCUT2D eigenvalue weighted by molar-refractivity contribution is -0.141. The van der Waals surface area contributed by atoms with Gasteiger partial charge in [-0.05, 0) is 88.6 Å². The van der Waals surface area contributed by atoms with Gasteiger partial charge in [-0.2, -0.15) is 0 Å². The summed E-state index contributed by atoms with van der Waals surface area (Å²) in [5, 5.41) is 5.98. The van der Waals surface area contributed by atoms with Gasteiger partial charge in [-0.3, -0.25) is 9.59 Å². The number of carbonyl (C=O) groups excluding carboxylic acids is 3. The molecule has 2 atom stereocenters. The monoisotopic (exact) mass is 579 g/mol. The Hall–Kier alpha value is -3.35. The highest BCUT2D eigenvalue weighted by atomic mass is 16.6. The molecule has 0 radical (unpaired) electrons. The molecule has 2 N–H and O–H groups in total. The molecule has 0 saturated carbocycles. The standard InChI is InChI=1S/C35H53N3O4/c1-11-12-13-14-15-22-38(33(40)29(23(2)3)37-34(41)42-35(8,9)10)31(28-21-17-18-24(4)27(28)7)32(39)36-30-25(5)19-16-20-26(30)6/h16-21,23,29,31H,11-15,22H2,1-10H3,(H,36,39)(H,37,41). The van der Waals surface area contributed by atoms with E-state index in [2.05, 4.69) is 17.6 Å². The van der Waals surface area contributed by atoms with Crippen LogP contribution in [-0.2, 0) is 14.3 Å². The highest BCUT2D eigenvalue weighted by molar-refractivity contribution is 6.00. The molecule has 232 valence electrons. The molecule has 3 amide bonds. The molecule has 2 unspecified atom stereocenters. The fraction of sp³-hybridized carbons (Fsp3) is 0.571. The van der Waals surface area contributed by atoms with Crippen LogP contribution in [0.2, 0.25) is 0 Å². The third kappa shape index (κ3) is 9.88. The SMILES string of the molecule is CCCCCCCN(C(=O)C(NC(=O)OC(C)(C)C)C(C)C)C(C(=O)Nc1c(C)cccc1C)c1cccc(C)c1C. The van der Waals surface area contributed by atoms with Crippen molar-refractivity contribution in [1.82, 2.24) is 10.2 Å². The van der Waals surface area contributed by atoms with Crippen LogP contribution in [0.4, 0.5) is 10.5 Å². The molecule has 0 saturated heterocycles. The van der Waals surface area contributed by atoms with Crippen LogP contribution in [0.15, 0.2) is 36.4 Å². The van der Waals surface area contributed by atoms with Crippen LogP contribution in [0.3, 0.4) is 0 Å². The summed E-state index contributed by atoms with van der Waals surface area (Å²) in [4.78, 5) is 43.3. The zero-order valence-electron chi connectivity index (χ0n) is 27.5. The second-order valence-corrected chi connectivity index (χ2v) is 12.8. The summed E-state index contributed by atoms with van der Waals surface area (Å²) < 4.78 is 5.51. The molecule has 0 spiro atoms. The lowest BCUT2D eigenvalue weighted by Gasteiger charge is -2.36. The third-order valence-corrected chi connectivity index (χ3v) is 7.62. The van der Waals surface area contributed by atoms with E-state index < -0.39 is 23.8 Å². The van der Waals surface area contributed by atoms with Gasteiger partial charge in [0, 0.05) is 12.2 Å². The summed E-state index contributed by atoms with van der Waals surface area (Å²) in [5.41, 5.74) is 4.73. The number of aryl methyl sites for hydroxylation is 3. The fourth-order valence-electron chi connectivity index (χ4n) is 5.10. The quantitative estimate of drug-likeness (QED) is 0.236. The van der Waals surface area contributed by atoms with Gasteiger partial charge in [0.1, 0.15) is 17.7 Å². The number of nitrogens with one attached hydrogen (secondary N) is 2. The Morgan fingerprint density at radius 2 is 1.43 bits per heavy atom. The van der Waals surface area contributed by atoms with Crippen LogP contribution < -0.4 is 10.6 Å². The van der Waals surface area contributed by atoms with Crippen LogP contribution in [-0.4, -0.2) is 41.0 Å². The minimum atomic E-state index is -0.885. The first-order valence-electron chi connectivity index (χ1n) is 15.4. The summed E-state index contributed by atoms with van der Waals surface area (Å²) in [5.74, 6) is -0.801. The predicted octanol–water partition coefficient (Wildman–Crippen LogP) is 7.95. The molecule has 42 heavy (non-hydrogen) atoms. The van der Waals surface area contributed by atoms with E-state index in [-0.39, 0.29) is 17.7 Å². The van der Waals surface area contributed by atoms with Crippen molar-refractivity contribution in [2.75, 3.05) is 11.9 Å². The number of hydrogen-bond donors (Lipinski definition) is 2. The van der Waals surface area contributed by atoms with Gasteiger partial charge in [0.2, 0.25) is 5.91 Å².